The number of aliphatic hydroxyl groups excluding tert-OH is 1. The predicted octanol–water partition coefficient (Wildman–Crippen LogP) is 4.91. The summed E-state index contributed by atoms with van der Waals surface area (Å²) in [6.45, 7) is 0. The van der Waals surface area contributed by atoms with Gasteiger partial charge in [-0.1, -0.05) is 11.8 Å². The number of carboxylic acids is 1. The minimum absolute atomic E-state index is 0.123. The minimum atomic E-state index is -5.52. The summed E-state index contributed by atoms with van der Waals surface area (Å²) in [4.78, 5) is 29.4. The smallest absolute Gasteiger partial charge is 0.324 e. The number of phenols is 1. The number of aliphatic hydroxyl groups is 1. The second-order valence-corrected chi connectivity index (χ2v) is 20.6. The zero-order valence-corrected chi connectivity index (χ0v) is 40.1. The molecule has 1 unspecified atom stereocenters. The highest BCUT2D eigenvalue weighted by Crippen LogP contribution is 2.49. The Kier molecular flexibility index (Phi) is 15.6. The maximum atomic E-state index is 12.7. The summed E-state index contributed by atoms with van der Waals surface area (Å²) in [5.41, 5.74) is 1.17. The molecule has 0 saturated heterocycles. The summed E-state index contributed by atoms with van der Waals surface area (Å²) in [6, 6.07) is 5.91. The monoisotopic (exact) mass is 1120 g/mol. The molecule has 0 fully saturated rings. The molecule has 0 saturated carbocycles. The summed E-state index contributed by atoms with van der Waals surface area (Å²) in [5.74, 6) is -3.91. The summed E-state index contributed by atoms with van der Waals surface area (Å²) in [7, 11) is -21.4. The van der Waals surface area contributed by atoms with Gasteiger partial charge in [0.25, 0.3) is 40.5 Å². The Bertz CT molecular complexity index is 3660. The SMILES string of the molecule is Nc1c(N=Nc2cc(Nc3nc(Cl)nc(SCC(=O)O)n3)ccc2S(=O)(=O)O)c(S(=O)(=O)O)cc2cc(S(=O)(=O)O)c(N=Nc3cc(Nc4nc(Cl)nc(OC(O)CS)n4)ccc3S(=O)(=O)O)c(O)c12. The molecule has 11 N–H and O–H groups in total. The molecule has 0 aliphatic carbocycles. The van der Waals surface area contributed by atoms with Gasteiger partial charge < -0.3 is 36.4 Å². The fraction of sp³-hybridized carbons (Fsp3) is 0.0938. The van der Waals surface area contributed by atoms with Crippen molar-refractivity contribution in [1.29, 1.82) is 0 Å². The van der Waals surface area contributed by atoms with E-state index < -0.39 is 140 Å². The van der Waals surface area contributed by atoms with Gasteiger partial charge in [0.15, 0.2) is 10.9 Å². The van der Waals surface area contributed by atoms with Crippen LogP contribution in [0.3, 0.4) is 0 Å². The molecule has 30 nitrogen and oxygen atoms in total. The number of phenolic OH excluding ortho intramolecular Hbond substituents is 1. The molecule has 6 rings (SSSR count). The third-order valence-corrected chi connectivity index (χ3v) is 13.3. The lowest BCUT2D eigenvalue weighted by Gasteiger charge is -2.14. The standard InChI is InChI=1S/C32H25Cl2N13O17S6/c33-27-38-29(42-31(40-27)64-21(50)9-65)36-12-1-3-17(68(55,56)57)15(7-12)45-47-25-19(70(61,62)63)6-11-5-18(69(58,59)60)24(23(35)22(11)26(25)51)46-44-14-8-13(2-4-16(14)67(52,53)54)37-30-39-28(34)41-32(43-30)66-10-20(48)49/h1-8,21,50-51,65H,9-10,35H2,(H,48,49)(H,52,53,54)(H,55,56,57)(H,58,59,60)(H,61,62,63)(H,36,38,40,42)(H,37,39,41,43). The van der Waals surface area contributed by atoms with Crippen LogP contribution in [0.15, 0.2) is 93.7 Å². The molecule has 370 valence electrons. The topological polar surface area (TPSA) is 481 Å². The van der Waals surface area contributed by atoms with Crippen LogP contribution in [0.1, 0.15) is 0 Å². The molecule has 0 aliphatic heterocycles. The Labute approximate surface area is 411 Å². The van der Waals surface area contributed by atoms with Gasteiger partial charge in [0, 0.05) is 11.4 Å². The Hall–Kier alpha value is -6.29. The van der Waals surface area contributed by atoms with Gasteiger partial charge in [-0.15, -0.1) is 20.5 Å². The lowest BCUT2D eigenvalue weighted by molar-refractivity contribution is -0.133. The van der Waals surface area contributed by atoms with E-state index >= 15 is 0 Å². The maximum absolute atomic E-state index is 12.7. The van der Waals surface area contributed by atoms with E-state index in [2.05, 4.69) is 73.6 Å². The molecule has 70 heavy (non-hydrogen) atoms. The largest absolute Gasteiger partial charge is 0.505 e. The molecule has 6 aromatic rings. The van der Waals surface area contributed by atoms with Gasteiger partial charge in [0.2, 0.25) is 28.8 Å². The van der Waals surface area contributed by atoms with Crippen molar-refractivity contribution in [2.24, 2.45) is 20.5 Å². The third kappa shape index (κ3) is 12.9. The van der Waals surface area contributed by atoms with E-state index in [9.17, 15) is 66.9 Å². The van der Waals surface area contributed by atoms with Gasteiger partial charge in [-0.25, -0.2) is 0 Å². The number of nitrogens with zero attached hydrogens (tertiary/aromatic N) is 10. The molecule has 0 aliphatic rings. The highest BCUT2D eigenvalue weighted by molar-refractivity contribution is 7.99. The van der Waals surface area contributed by atoms with Crippen LogP contribution in [0.4, 0.5) is 51.7 Å². The molecule has 0 spiro atoms. The van der Waals surface area contributed by atoms with Gasteiger partial charge in [0.1, 0.15) is 42.3 Å². The number of aromatic nitrogens is 6. The number of nitrogen functional groups attached to an aromatic ring is 1. The molecular weight excluding hydrogens is 1100 g/mol. The zero-order chi connectivity index (χ0) is 51.7. The number of carboxylic acid groups (broad SMARTS) is 1. The van der Waals surface area contributed by atoms with Crippen LogP contribution >= 0.6 is 47.6 Å². The number of thiol groups is 1. The van der Waals surface area contributed by atoms with Crippen molar-refractivity contribution in [3.63, 3.8) is 0 Å². The van der Waals surface area contributed by atoms with Crippen LogP contribution in [0, 0.1) is 0 Å². The molecule has 0 amide bonds. The average molecular weight is 1130 g/mol. The molecular formula is C32H25Cl2N13O17S6. The van der Waals surface area contributed by atoms with E-state index in [4.69, 9.17) is 38.8 Å². The van der Waals surface area contributed by atoms with Gasteiger partial charge in [-0.2, -0.15) is 76.2 Å². The minimum Gasteiger partial charge on any atom is -0.505 e. The number of carbonyl (C=O) groups is 1. The predicted molar refractivity (Wildman–Crippen MR) is 246 cm³/mol. The number of ether oxygens (including phenoxy) is 1. The fourth-order valence-electron chi connectivity index (χ4n) is 5.53. The number of halogens is 2. The van der Waals surface area contributed by atoms with Gasteiger partial charge in [0.05, 0.1) is 22.6 Å². The Morgan fingerprint density at radius 2 is 1.17 bits per heavy atom. The number of rotatable bonds is 18. The van der Waals surface area contributed by atoms with Crippen LogP contribution in [-0.2, 0) is 45.3 Å². The second kappa shape index (κ2) is 20.6. The van der Waals surface area contributed by atoms with E-state index in [0.29, 0.717) is 23.9 Å². The number of nitrogens with one attached hydrogen (secondary N) is 2. The van der Waals surface area contributed by atoms with E-state index in [1.54, 1.807) is 0 Å². The van der Waals surface area contributed by atoms with Gasteiger partial charge >= 0.3 is 12.0 Å². The molecule has 2 heterocycles. The lowest BCUT2D eigenvalue weighted by atomic mass is 10.1. The highest BCUT2D eigenvalue weighted by Gasteiger charge is 2.29. The number of aromatic hydroxyl groups is 1. The first-order valence-electron chi connectivity index (χ1n) is 17.8. The lowest BCUT2D eigenvalue weighted by Crippen LogP contribution is -2.19. The van der Waals surface area contributed by atoms with Crippen LogP contribution in [-0.4, -0.2) is 121 Å². The number of benzene rings is 4. The van der Waals surface area contributed by atoms with Crippen molar-refractivity contribution in [2.75, 3.05) is 27.9 Å². The summed E-state index contributed by atoms with van der Waals surface area (Å²) in [5, 5.41) is 47.8. The Balaban J connectivity index is 1.49. The molecule has 2 aromatic heterocycles. The summed E-state index contributed by atoms with van der Waals surface area (Å²) < 4.78 is 146. The molecule has 0 bridgehead atoms. The number of nitrogens with two attached hydrogens (primary N) is 1. The van der Waals surface area contributed by atoms with E-state index in [1.165, 1.54) is 0 Å². The van der Waals surface area contributed by atoms with Crippen LogP contribution in [0.25, 0.3) is 10.8 Å². The second-order valence-electron chi connectivity index (χ2n) is 13.1. The van der Waals surface area contributed by atoms with Gasteiger partial charge in [-0.3, -0.25) is 23.0 Å². The van der Waals surface area contributed by atoms with E-state index in [-0.39, 0.29) is 34.2 Å². The van der Waals surface area contributed by atoms with Gasteiger partial charge in [-0.05, 0) is 77.1 Å². The van der Waals surface area contributed by atoms with Crippen molar-refractivity contribution in [3.8, 4) is 11.8 Å². The summed E-state index contributed by atoms with van der Waals surface area (Å²) in [6.07, 6.45) is -1.48. The molecule has 0 radical (unpaired) electrons. The van der Waals surface area contributed by atoms with Crippen LogP contribution < -0.4 is 21.1 Å². The number of anilines is 5. The van der Waals surface area contributed by atoms with Crippen molar-refractivity contribution in [1.82, 2.24) is 29.9 Å². The van der Waals surface area contributed by atoms with E-state index in [1.807, 2.05) is 0 Å². The molecule has 4 aromatic carbocycles. The average Bonchev–Trinajstić information content (AvgIpc) is 3.22. The first kappa shape index (κ1) is 53.1. The first-order valence-corrected chi connectivity index (χ1v) is 26.0. The zero-order valence-electron chi connectivity index (χ0n) is 33.6. The van der Waals surface area contributed by atoms with Crippen molar-refractivity contribution in [2.45, 2.75) is 31.0 Å². The molecule has 38 heteroatoms. The van der Waals surface area contributed by atoms with Crippen LogP contribution in [0.5, 0.6) is 11.8 Å². The fourth-order valence-corrected chi connectivity index (χ4v) is 9.06. The van der Waals surface area contributed by atoms with E-state index in [0.717, 1.165) is 36.4 Å². The Morgan fingerprint density at radius 1 is 0.700 bits per heavy atom. The molecule has 1 atom stereocenters. The number of thioether (sulfide) groups is 1. The van der Waals surface area contributed by atoms with Crippen LogP contribution in [0.2, 0.25) is 10.6 Å². The maximum Gasteiger partial charge on any atom is 0.324 e. The normalized spacial score (nSPS) is 13.0. The number of azo groups is 2. The first-order chi connectivity index (χ1) is 32.5. The number of aliphatic carboxylic acids is 1. The van der Waals surface area contributed by atoms with Crippen molar-refractivity contribution < 1.29 is 76.7 Å². The Morgan fingerprint density at radius 3 is 1.66 bits per heavy atom. The quantitative estimate of drug-likeness (QED) is 0.0136. The third-order valence-electron chi connectivity index (χ3n) is 8.27. The number of hydrogen-bond donors (Lipinski definition) is 11. The number of hydrogen-bond acceptors (Lipinski definition) is 27. The van der Waals surface area contributed by atoms with Crippen molar-refractivity contribution in [3.05, 3.63) is 59.1 Å². The highest BCUT2D eigenvalue weighted by atomic mass is 35.5. The number of fused-ring (bicyclic) bond motifs is 1. The van der Waals surface area contributed by atoms with Crippen molar-refractivity contribution >= 4 is 157 Å². The summed E-state index contributed by atoms with van der Waals surface area (Å²) >= 11 is 16.4.